The molecule has 8 nitrogen and oxygen atoms in total. The summed E-state index contributed by atoms with van der Waals surface area (Å²) in [5, 5.41) is 9.95. The molecule has 0 N–H and O–H groups in total. The number of carbonyl (C=O) groups excluding carboxylic acids is 3. The van der Waals surface area contributed by atoms with Gasteiger partial charge in [-0.3, -0.25) is 19.4 Å². The maximum atomic E-state index is 13.4. The number of aryl methyl sites for hydroxylation is 1. The van der Waals surface area contributed by atoms with Crippen molar-refractivity contribution in [1.29, 1.82) is 5.26 Å². The first-order chi connectivity index (χ1) is 17.9. The van der Waals surface area contributed by atoms with Crippen LogP contribution in [0.3, 0.4) is 0 Å². The Hall–Kier alpha value is -3.73. The molecular weight excluding hydrogens is 466 g/mol. The Morgan fingerprint density at radius 1 is 1.00 bits per heavy atom. The smallest absolute Gasteiger partial charge is 0.272 e. The fraction of sp³-hybridized carbons (Fsp3) is 0.483. The monoisotopic (exact) mass is 499 g/mol. The molecule has 1 saturated carbocycles. The van der Waals surface area contributed by atoms with E-state index in [2.05, 4.69) is 11.1 Å². The molecule has 3 aliphatic rings. The van der Waals surface area contributed by atoms with Gasteiger partial charge < -0.3 is 14.7 Å². The number of aromatic nitrogens is 1. The van der Waals surface area contributed by atoms with Gasteiger partial charge in [-0.1, -0.05) is 43.2 Å². The maximum Gasteiger partial charge on any atom is 0.272 e. The topological polar surface area (TPSA) is 97.6 Å². The second kappa shape index (κ2) is 10.3. The van der Waals surface area contributed by atoms with E-state index in [1.54, 1.807) is 29.0 Å². The molecule has 5 rings (SSSR count). The van der Waals surface area contributed by atoms with Crippen LogP contribution in [0.5, 0.6) is 0 Å². The minimum Gasteiger partial charge on any atom is -0.337 e. The molecule has 1 aliphatic carbocycles. The highest BCUT2D eigenvalue weighted by molar-refractivity contribution is 6.01. The number of nitrogens with zero attached hydrogens (tertiary/aromatic N) is 5. The van der Waals surface area contributed by atoms with Gasteiger partial charge in [-0.15, -0.1) is 0 Å². The molecule has 0 unspecified atom stereocenters. The SMILES string of the molecule is Cc1cnc(C(=O)N2CCC(C#N)(c3ccccc3)CC2)cc1C(=O)N1CCN(C2CCCC2)C(=O)C1. The van der Waals surface area contributed by atoms with E-state index < -0.39 is 5.41 Å². The van der Waals surface area contributed by atoms with Crippen molar-refractivity contribution in [3.63, 3.8) is 0 Å². The van der Waals surface area contributed by atoms with E-state index in [0.717, 1.165) is 31.2 Å². The molecule has 3 heterocycles. The van der Waals surface area contributed by atoms with Crippen molar-refractivity contribution < 1.29 is 14.4 Å². The summed E-state index contributed by atoms with van der Waals surface area (Å²) in [5.74, 6) is -0.474. The van der Waals surface area contributed by atoms with Crippen molar-refractivity contribution in [3.8, 4) is 6.07 Å². The molecule has 0 radical (unpaired) electrons. The van der Waals surface area contributed by atoms with Crippen LogP contribution in [0.2, 0.25) is 0 Å². The quantitative estimate of drug-likeness (QED) is 0.643. The van der Waals surface area contributed by atoms with E-state index in [-0.39, 0.29) is 30.0 Å². The first kappa shape index (κ1) is 24.9. The van der Waals surface area contributed by atoms with Gasteiger partial charge in [0.05, 0.1) is 11.5 Å². The molecule has 8 heteroatoms. The fourth-order valence-electron chi connectivity index (χ4n) is 5.98. The van der Waals surface area contributed by atoms with Crippen LogP contribution in [0.25, 0.3) is 0 Å². The lowest BCUT2D eigenvalue weighted by atomic mass is 9.74. The molecule has 37 heavy (non-hydrogen) atoms. The third kappa shape index (κ3) is 4.83. The van der Waals surface area contributed by atoms with Crippen LogP contribution in [-0.4, -0.2) is 76.2 Å². The highest BCUT2D eigenvalue weighted by Gasteiger charge is 2.38. The minimum atomic E-state index is -0.604. The number of amides is 3. The molecule has 2 aliphatic heterocycles. The van der Waals surface area contributed by atoms with Crippen LogP contribution in [0.15, 0.2) is 42.6 Å². The molecule has 3 fully saturated rings. The molecule has 0 spiro atoms. The number of pyridine rings is 1. The summed E-state index contributed by atoms with van der Waals surface area (Å²) >= 11 is 0. The zero-order valence-corrected chi connectivity index (χ0v) is 21.4. The lowest BCUT2D eigenvalue weighted by Gasteiger charge is -2.38. The number of piperidine rings is 1. The normalized spacial score (nSPS) is 20.1. The average molecular weight is 500 g/mol. The Morgan fingerprint density at radius 2 is 1.70 bits per heavy atom. The van der Waals surface area contributed by atoms with E-state index in [0.29, 0.717) is 56.2 Å². The number of rotatable bonds is 4. The molecule has 0 bridgehead atoms. The summed E-state index contributed by atoms with van der Waals surface area (Å²) < 4.78 is 0. The molecule has 2 aromatic rings. The van der Waals surface area contributed by atoms with Gasteiger partial charge in [0.2, 0.25) is 5.91 Å². The number of benzene rings is 1. The predicted molar refractivity (Wildman–Crippen MR) is 138 cm³/mol. The van der Waals surface area contributed by atoms with Crippen LogP contribution in [0, 0.1) is 18.3 Å². The van der Waals surface area contributed by atoms with Gasteiger partial charge in [-0.05, 0) is 49.8 Å². The molecule has 1 aromatic carbocycles. The summed E-state index contributed by atoms with van der Waals surface area (Å²) in [4.78, 5) is 49.1. The first-order valence-electron chi connectivity index (χ1n) is 13.2. The van der Waals surface area contributed by atoms with E-state index >= 15 is 0 Å². The van der Waals surface area contributed by atoms with Gasteiger partial charge in [-0.25, -0.2) is 0 Å². The average Bonchev–Trinajstić information content (AvgIpc) is 3.48. The van der Waals surface area contributed by atoms with Crippen LogP contribution in [0.1, 0.15) is 70.5 Å². The predicted octanol–water partition coefficient (Wildman–Crippen LogP) is 3.31. The zero-order valence-electron chi connectivity index (χ0n) is 21.4. The standard InChI is InChI=1S/C29H33N5O3/c1-21-18-31-25(28(37)32-13-11-29(20-30,12-14-32)22-7-3-2-4-8-22)17-24(21)27(36)33-15-16-34(26(35)19-33)23-9-5-6-10-23/h2-4,7-8,17-18,23H,5-6,9-16,19H2,1H3. The minimum absolute atomic E-state index is 0.00205. The van der Waals surface area contributed by atoms with Crippen LogP contribution in [0.4, 0.5) is 0 Å². The molecule has 2 saturated heterocycles. The van der Waals surface area contributed by atoms with Crippen molar-refractivity contribution in [1.82, 2.24) is 19.7 Å². The molecule has 1 aromatic heterocycles. The van der Waals surface area contributed by atoms with Gasteiger partial charge in [0.25, 0.3) is 11.8 Å². The highest BCUT2D eigenvalue weighted by Crippen LogP contribution is 2.35. The number of nitriles is 1. The van der Waals surface area contributed by atoms with Gasteiger partial charge in [0, 0.05) is 44.0 Å². The van der Waals surface area contributed by atoms with E-state index in [4.69, 9.17) is 0 Å². The Morgan fingerprint density at radius 3 is 2.35 bits per heavy atom. The Bertz CT molecular complexity index is 1220. The Labute approximate surface area is 217 Å². The fourth-order valence-corrected chi connectivity index (χ4v) is 5.98. The molecule has 0 atom stereocenters. The Balaban J connectivity index is 1.26. The third-order valence-corrected chi connectivity index (χ3v) is 8.31. The van der Waals surface area contributed by atoms with Crippen molar-refractivity contribution in [3.05, 3.63) is 65.0 Å². The summed E-state index contributed by atoms with van der Waals surface area (Å²) in [6.07, 6.45) is 7.06. The zero-order chi connectivity index (χ0) is 26.0. The summed E-state index contributed by atoms with van der Waals surface area (Å²) in [7, 11) is 0. The van der Waals surface area contributed by atoms with E-state index in [1.807, 2.05) is 35.2 Å². The molecule has 3 amide bonds. The van der Waals surface area contributed by atoms with E-state index in [9.17, 15) is 19.6 Å². The third-order valence-electron chi connectivity index (χ3n) is 8.31. The van der Waals surface area contributed by atoms with Crippen LogP contribution >= 0.6 is 0 Å². The molecular formula is C29H33N5O3. The Kier molecular flexibility index (Phi) is 6.96. The second-order valence-corrected chi connectivity index (χ2v) is 10.5. The number of hydrogen-bond donors (Lipinski definition) is 0. The maximum absolute atomic E-state index is 13.4. The van der Waals surface area contributed by atoms with Crippen molar-refractivity contribution in [2.24, 2.45) is 0 Å². The van der Waals surface area contributed by atoms with Crippen LogP contribution < -0.4 is 0 Å². The van der Waals surface area contributed by atoms with E-state index in [1.165, 1.54) is 0 Å². The second-order valence-electron chi connectivity index (χ2n) is 10.5. The number of carbonyl (C=O) groups is 3. The van der Waals surface area contributed by atoms with Crippen molar-refractivity contribution in [2.75, 3.05) is 32.7 Å². The van der Waals surface area contributed by atoms with Gasteiger partial charge in [0.1, 0.15) is 12.2 Å². The lowest BCUT2D eigenvalue weighted by Crippen LogP contribution is -2.55. The van der Waals surface area contributed by atoms with Gasteiger partial charge >= 0.3 is 0 Å². The number of likely N-dealkylation sites (tertiary alicyclic amines) is 1. The molecule has 192 valence electrons. The first-order valence-corrected chi connectivity index (χ1v) is 13.2. The van der Waals surface area contributed by atoms with Gasteiger partial charge in [-0.2, -0.15) is 5.26 Å². The summed E-state index contributed by atoms with van der Waals surface area (Å²) in [6, 6.07) is 14.1. The lowest BCUT2D eigenvalue weighted by molar-refractivity contribution is -0.137. The summed E-state index contributed by atoms with van der Waals surface area (Å²) in [5.41, 5.74) is 1.68. The van der Waals surface area contributed by atoms with Crippen molar-refractivity contribution in [2.45, 2.75) is 56.9 Å². The number of piperazine rings is 1. The number of hydrogen-bond acceptors (Lipinski definition) is 5. The van der Waals surface area contributed by atoms with Crippen molar-refractivity contribution >= 4 is 17.7 Å². The highest BCUT2D eigenvalue weighted by atomic mass is 16.2. The largest absolute Gasteiger partial charge is 0.337 e. The van der Waals surface area contributed by atoms with Gasteiger partial charge in [0.15, 0.2) is 0 Å². The van der Waals surface area contributed by atoms with Crippen LogP contribution in [-0.2, 0) is 10.2 Å². The summed E-state index contributed by atoms with van der Waals surface area (Å²) in [6.45, 7) is 3.81.